The van der Waals surface area contributed by atoms with E-state index in [-0.39, 0.29) is 6.61 Å². The van der Waals surface area contributed by atoms with Gasteiger partial charge in [-0.1, -0.05) is 23.7 Å². The number of halogens is 1. The summed E-state index contributed by atoms with van der Waals surface area (Å²) in [6.45, 7) is 1.68. The fourth-order valence-corrected chi connectivity index (χ4v) is 1.18. The summed E-state index contributed by atoms with van der Waals surface area (Å²) in [5.41, 5.74) is -0.346. The van der Waals surface area contributed by atoms with Gasteiger partial charge in [-0.15, -0.1) is 0 Å². The molecule has 0 saturated heterocycles. The average molecular weight is 202 g/mol. The Kier molecular flexibility index (Phi) is 3.27. The standard InChI is InChI=1S/C9H12ClNO2/c1-9(12,6-13-11)7-2-4-8(10)5-3-7/h2-5,12H,6,11H2,1H3. The van der Waals surface area contributed by atoms with Crippen LogP contribution < -0.4 is 5.90 Å². The Bertz CT molecular complexity index is 271. The van der Waals surface area contributed by atoms with Crippen molar-refractivity contribution in [3.63, 3.8) is 0 Å². The first-order valence-corrected chi connectivity index (χ1v) is 4.24. The second-order valence-electron chi connectivity index (χ2n) is 3.09. The van der Waals surface area contributed by atoms with E-state index < -0.39 is 5.60 Å². The third-order valence-corrected chi connectivity index (χ3v) is 2.08. The second-order valence-corrected chi connectivity index (χ2v) is 3.53. The zero-order valence-corrected chi connectivity index (χ0v) is 8.08. The van der Waals surface area contributed by atoms with Gasteiger partial charge in [0.05, 0.1) is 0 Å². The molecule has 0 fully saturated rings. The molecule has 0 aliphatic carbocycles. The Morgan fingerprint density at radius 1 is 1.46 bits per heavy atom. The van der Waals surface area contributed by atoms with Crippen LogP contribution in [0.15, 0.2) is 24.3 Å². The van der Waals surface area contributed by atoms with E-state index >= 15 is 0 Å². The summed E-state index contributed by atoms with van der Waals surface area (Å²) in [4.78, 5) is 4.41. The SMILES string of the molecule is CC(O)(CON)c1ccc(Cl)cc1. The minimum atomic E-state index is -1.07. The van der Waals surface area contributed by atoms with Gasteiger partial charge in [-0.25, -0.2) is 5.90 Å². The first-order chi connectivity index (χ1) is 6.06. The maximum Gasteiger partial charge on any atom is 0.112 e. The van der Waals surface area contributed by atoms with Gasteiger partial charge in [-0.2, -0.15) is 0 Å². The van der Waals surface area contributed by atoms with E-state index in [0.717, 1.165) is 5.56 Å². The molecule has 0 bridgehead atoms. The van der Waals surface area contributed by atoms with Gasteiger partial charge in [-0.3, -0.25) is 0 Å². The predicted molar refractivity (Wildman–Crippen MR) is 51.2 cm³/mol. The lowest BCUT2D eigenvalue weighted by molar-refractivity contribution is -0.0387. The lowest BCUT2D eigenvalue weighted by Crippen LogP contribution is -2.29. The number of rotatable bonds is 3. The predicted octanol–water partition coefficient (Wildman–Crippen LogP) is 1.44. The van der Waals surface area contributed by atoms with Gasteiger partial charge >= 0.3 is 0 Å². The van der Waals surface area contributed by atoms with E-state index in [1.54, 1.807) is 31.2 Å². The van der Waals surface area contributed by atoms with Crippen LogP contribution in [0.25, 0.3) is 0 Å². The first kappa shape index (κ1) is 10.5. The normalized spacial score (nSPS) is 15.4. The Balaban J connectivity index is 2.87. The molecule has 0 saturated carbocycles. The third kappa shape index (κ3) is 2.67. The van der Waals surface area contributed by atoms with Crippen LogP contribution in [0.1, 0.15) is 12.5 Å². The van der Waals surface area contributed by atoms with Gasteiger partial charge < -0.3 is 9.94 Å². The van der Waals surface area contributed by atoms with E-state index in [2.05, 4.69) is 4.84 Å². The molecule has 1 unspecified atom stereocenters. The molecule has 4 heteroatoms. The summed E-state index contributed by atoms with van der Waals surface area (Å²) in [5.74, 6) is 4.90. The van der Waals surface area contributed by atoms with E-state index in [1.807, 2.05) is 0 Å². The van der Waals surface area contributed by atoms with Crippen molar-refractivity contribution in [3.8, 4) is 0 Å². The van der Waals surface area contributed by atoms with Crippen LogP contribution in [0.4, 0.5) is 0 Å². The highest BCUT2D eigenvalue weighted by molar-refractivity contribution is 6.30. The monoisotopic (exact) mass is 201 g/mol. The molecular weight excluding hydrogens is 190 g/mol. The summed E-state index contributed by atoms with van der Waals surface area (Å²) >= 11 is 5.70. The number of hydrogen-bond acceptors (Lipinski definition) is 3. The maximum absolute atomic E-state index is 9.83. The minimum Gasteiger partial charge on any atom is -0.383 e. The number of benzene rings is 1. The van der Waals surface area contributed by atoms with Crippen molar-refractivity contribution >= 4 is 11.6 Å². The Labute approximate surface area is 82.0 Å². The third-order valence-electron chi connectivity index (χ3n) is 1.83. The summed E-state index contributed by atoms with van der Waals surface area (Å²) in [7, 11) is 0. The number of hydrogen-bond donors (Lipinski definition) is 2. The van der Waals surface area contributed by atoms with Crippen LogP contribution in [-0.4, -0.2) is 11.7 Å². The fourth-order valence-electron chi connectivity index (χ4n) is 1.05. The van der Waals surface area contributed by atoms with Crippen LogP contribution >= 0.6 is 11.6 Å². The van der Waals surface area contributed by atoms with Crippen LogP contribution in [0.2, 0.25) is 5.02 Å². The van der Waals surface area contributed by atoms with Crippen LogP contribution in [0, 0.1) is 0 Å². The quantitative estimate of drug-likeness (QED) is 0.728. The molecule has 1 aromatic rings. The van der Waals surface area contributed by atoms with E-state index in [4.69, 9.17) is 17.5 Å². The van der Waals surface area contributed by atoms with Gasteiger partial charge in [0.25, 0.3) is 0 Å². The van der Waals surface area contributed by atoms with Crippen LogP contribution in [0.3, 0.4) is 0 Å². The van der Waals surface area contributed by atoms with Gasteiger partial charge in [0, 0.05) is 5.02 Å². The molecule has 13 heavy (non-hydrogen) atoms. The average Bonchev–Trinajstić information content (AvgIpc) is 2.05. The van der Waals surface area contributed by atoms with E-state index in [1.165, 1.54) is 0 Å². The zero-order chi connectivity index (χ0) is 9.90. The molecule has 0 aromatic heterocycles. The topological polar surface area (TPSA) is 55.5 Å². The van der Waals surface area contributed by atoms with Crippen molar-refractivity contribution in [3.05, 3.63) is 34.9 Å². The molecule has 1 aromatic carbocycles. The van der Waals surface area contributed by atoms with E-state index in [9.17, 15) is 5.11 Å². The van der Waals surface area contributed by atoms with Crippen molar-refractivity contribution in [2.24, 2.45) is 5.90 Å². The lowest BCUT2D eigenvalue weighted by Gasteiger charge is -2.22. The Morgan fingerprint density at radius 2 is 2.00 bits per heavy atom. The summed E-state index contributed by atoms with van der Waals surface area (Å²) in [6, 6.07) is 6.90. The second kappa shape index (κ2) is 4.07. The summed E-state index contributed by atoms with van der Waals surface area (Å²) in [6.07, 6.45) is 0. The molecule has 3 N–H and O–H groups in total. The molecule has 1 atom stereocenters. The largest absolute Gasteiger partial charge is 0.383 e. The highest BCUT2D eigenvalue weighted by atomic mass is 35.5. The molecule has 72 valence electrons. The fraction of sp³-hybridized carbons (Fsp3) is 0.333. The molecule has 0 aliphatic rings. The van der Waals surface area contributed by atoms with Crippen LogP contribution in [0.5, 0.6) is 0 Å². The molecule has 0 amide bonds. The van der Waals surface area contributed by atoms with Gasteiger partial charge in [0.1, 0.15) is 12.2 Å². The zero-order valence-electron chi connectivity index (χ0n) is 7.33. The highest BCUT2D eigenvalue weighted by Crippen LogP contribution is 2.21. The Morgan fingerprint density at radius 3 is 2.46 bits per heavy atom. The number of aliphatic hydroxyl groups is 1. The lowest BCUT2D eigenvalue weighted by atomic mass is 9.97. The molecule has 0 radical (unpaired) electrons. The summed E-state index contributed by atoms with van der Waals surface area (Å²) in [5, 5.41) is 10.5. The molecule has 3 nitrogen and oxygen atoms in total. The van der Waals surface area contributed by atoms with Gasteiger partial charge in [0.2, 0.25) is 0 Å². The Hall–Kier alpha value is -0.610. The van der Waals surface area contributed by atoms with Crippen molar-refractivity contribution in [1.29, 1.82) is 0 Å². The van der Waals surface area contributed by atoms with Gasteiger partial charge in [-0.05, 0) is 24.6 Å². The minimum absolute atomic E-state index is 0.0502. The van der Waals surface area contributed by atoms with Crippen molar-refractivity contribution in [1.82, 2.24) is 0 Å². The van der Waals surface area contributed by atoms with E-state index in [0.29, 0.717) is 5.02 Å². The number of nitrogens with two attached hydrogens (primary N) is 1. The highest BCUT2D eigenvalue weighted by Gasteiger charge is 2.22. The van der Waals surface area contributed by atoms with Crippen molar-refractivity contribution in [2.75, 3.05) is 6.61 Å². The van der Waals surface area contributed by atoms with Crippen LogP contribution in [-0.2, 0) is 10.4 Å². The van der Waals surface area contributed by atoms with Crippen molar-refractivity contribution in [2.45, 2.75) is 12.5 Å². The molecule has 0 heterocycles. The molecule has 1 rings (SSSR count). The maximum atomic E-state index is 9.83. The van der Waals surface area contributed by atoms with Crippen molar-refractivity contribution < 1.29 is 9.94 Å². The molecular formula is C9H12ClNO2. The molecule has 0 spiro atoms. The first-order valence-electron chi connectivity index (χ1n) is 3.86. The summed E-state index contributed by atoms with van der Waals surface area (Å²) < 4.78 is 0. The van der Waals surface area contributed by atoms with Gasteiger partial charge in [0.15, 0.2) is 0 Å². The molecule has 0 aliphatic heterocycles. The smallest absolute Gasteiger partial charge is 0.112 e.